The molecule has 0 aliphatic carbocycles. The maximum absolute atomic E-state index is 10.2. The van der Waals surface area contributed by atoms with Crippen molar-refractivity contribution in [3.8, 4) is 0 Å². The molecule has 0 aliphatic heterocycles. The first kappa shape index (κ1) is 19.9. The summed E-state index contributed by atoms with van der Waals surface area (Å²) in [5.41, 5.74) is 0. The molecule has 0 rings (SSSR count). The van der Waals surface area contributed by atoms with Crippen molar-refractivity contribution >= 4 is 37.4 Å². The number of likely N-dealkylation sites (N-methyl/N-ethyl adjacent to an activating group) is 1. The molecular formula is C5H16ClNNaO4P. The van der Waals surface area contributed by atoms with E-state index in [1.807, 2.05) is 21.1 Å². The second kappa shape index (κ2) is 7.63. The maximum atomic E-state index is 10.2. The topological polar surface area (TPSA) is 66.8 Å². The third kappa shape index (κ3) is 19.7. The summed E-state index contributed by atoms with van der Waals surface area (Å²) in [5.74, 6) is 0. The quantitative estimate of drug-likeness (QED) is 0.302. The number of rotatable bonds is 4. The molecule has 0 spiro atoms. The van der Waals surface area contributed by atoms with E-state index in [1.165, 1.54) is 0 Å². The van der Waals surface area contributed by atoms with Crippen LogP contribution in [-0.4, -0.2) is 78.1 Å². The number of hydrogen-bond donors (Lipinski definition) is 2. The minimum absolute atomic E-state index is 0. The third-order valence-corrected chi connectivity index (χ3v) is 1.54. The molecule has 0 aromatic rings. The van der Waals surface area contributed by atoms with Crippen LogP contribution in [0.15, 0.2) is 0 Å². The molecule has 0 amide bonds. The van der Waals surface area contributed by atoms with Crippen LogP contribution in [0.3, 0.4) is 0 Å². The summed E-state index contributed by atoms with van der Waals surface area (Å²) >= 11 is 0. The Morgan fingerprint density at radius 1 is 1.31 bits per heavy atom. The van der Waals surface area contributed by atoms with E-state index in [-0.39, 0.29) is 48.6 Å². The van der Waals surface area contributed by atoms with Gasteiger partial charge < -0.3 is 26.7 Å². The molecule has 8 heteroatoms. The molecule has 0 saturated carbocycles. The van der Waals surface area contributed by atoms with Crippen molar-refractivity contribution in [1.82, 2.24) is 0 Å². The Morgan fingerprint density at radius 3 is 1.92 bits per heavy atom. The molecule has 78 valence electrons. The number of phosphoric acid groups is 1. The normalized spacial score (nSPS) is 11.5. The van der Waals surface area contributed by atoms with Crippen LogP contribution in [0.1, 0.15) is 0 Å². The number of phosphoric ester groups is 1. The molecule has 0 aromatic heterocycles. The molecule has 5 nitrogen and oxygen atoms in total. The van der Waals surface area contributed by atoms with Crippen molar-refractivity contribution < 1.29 is 35.8 Å². The van der Waals surface area contributed by atoms with E-state index in [9.17, 15) is 4.57 Å². The van der Waals surface area contributed by atoms with Crippen molar-refractivity contribution in [2.75, 3.05) is 34.3 Å². The van der Waals surface area contributed by atoms with Crippen LogP contribution in [0.5, 0.6) is 0 Å². The number of quaternary nitrogens is 1. The first-order chi connectivity index (χ1) is 4.71. The van der Waals surface area contributed by atoms with E-state index in [2.05, 4.69) is 4.52 Å². The van der Waals surface area contributed by atoms with E-state index < -0.39 is 7.82 Å². The van der Waals surface area contributed by atoms with E-state index in [4.69, 9.17) is 9.79 Å². The summed E-state index contributed by atoms with van der Waals surface area (Å²) in [6, 6.07) is 0. The Labute approximate surface area is 107 Å². The van der Waals surface area contributed by atoms with Crippen LogP contribution in [0.4, 0.5) is 0 Å². The van der Waals surface area contributed by atoms with Gasteiger partial charge in [0.25, 0.3) is 0 Å². The monoisotopic (exact) mass is 243 g/mol. The molecule has 0 aromatic carbocycles. The van der Waals surface area contributed by atoms with Crippen molar-refractivity contribution in [3.05, 3.63) is 0 Å². The minimum atomic E-state index is -4.26. The fourth-order valence-electron chi connectivity index (χ4n) is 0.434. The molecule has 0 fully saturated rings. The zero-order chi connectivity index (χ0) is 9.12. The molecule has 0 saturated heterocycles. The van der Waals surface area contributed by atoms with Crippen LogP contribution < -0.4 is 12.4 Å². The fourth-order valence-corrected chi connectivity index (χ4v) is 0.753. The molecule has 13 heavy (non-hydrogen) atoms. The van der Waals surface area contributed by atoms with Crippen LogP contribution in [0, 0.1) is 0 Å². The van der Waals surface area contributed by atoms with Crippen LogP contribution >= 0.6 is 7.82 Å². The summed E-state index contributed by atoms with van der Waals surface area (Å²) < 4.78 is 15.1. The van der Waals surface area contributed by atoms with Gasteiger partial charge in [0.1, 0.15) is 13.2 Å². The van der Waals surface area contributed by atoms with Gasteiger partial charge in [-0.25, -0.2) is 4.57 Å². The molecule has 0 atom stereocenters. The summed E-state index contributed by atoms with van der Waals surface area (Å²) in [6.07, 6.45) is 0. The summed E-state index contributed by atoms with van der Waals surface area (Å²) in [7, 11) is 1.50. The van der Waals surface area contributed by atoms with Crippen molar-refractivity contribution in [2.24, 2.45) is 0 Å². The van der Waals surface area contributed by atoms with Gasteiger partial charge in [-0.3, -0.25) is 4.52 Å². The average Bonchev–Trinajstić information content (AvgIpc) is 1.55. The summed E-state index contributed by atoms with van der Waals surface area (Å²) in [4.78, 5) is 16.6. The molecule has 0 radical (unpaired) electrons. The second-order valence-electron chi connectivity index (χ2n) is 3.34. The predicted molar refractivity (Wildman–Crippen MR) is 48.0 cm³/mol. The van der Waals surface area contributed by atoms with Crippen molar-refractivity contribution in [1.29, 1.82) is 0 Å². The molecule has 0 heterocycles. The van der Waals surface area contributed by atoms with E-state index in [1.54, 1.807) is 0 Å². The molecule has 0 bridgehead atoms. The standard InChI is InChI=1S/C5H14NO4P.ClH.Na.H/c1-6(2,3)4-5-10-11(7,8)9;;;/h4-5H2,1-3H3,(H-,7,8,9);1H;;. The Kier molecular flexibility index (Phi) is 11.7. The average molecular weight is 244 g/mol. The predicted octanol–water partition coefficient (Wildman–Crippen LogP) is -3.84. The van der Waals surface area contributed by atoms with E-state index >= 15 is 0 Å². The van der Waals surface area contributed by atoms with Gasteiger partial charge in [-0.1, -0.05) is 0 Å². The van der Waals surface area contributed by atoms with Gasteiger partial charge in [0.15, 0.2) is 0 Å². The van der Waals surface area contributed by atoms with Gasteiger partial charge in [0, 0.05) is 0 Å². The van der Waals surface area contributed by atoms with Gasteiger partial charge in [-0.2, -0.15) is 0 Å². The Hall–Kier alpha value is 1.36. The van der Waals surface area contributed by atoms with E-state index in [0.29, 0.717) is 11.0 Å². The van der Waals surface area contributed by atoms with Crippen LogP contribution in [-0.2, 0) is 9.09 Å². The number of hydrogen-bond acceptors (Lipinski definition) is 2. The summed E-state index contributed by atoms with van der Waals surface area (Å²) in [6.45, 7) is 0.652. The Balaban J connectivity index is -0.000000500. The Morgan fingerprint density at radius 2 is 1.69 bits per heavy atom. The molecule has 2 N–H and O–H groups in total. The molecule has 0 unspecified atom stereocenters. The molecular weight excluding hydrogens is 227 g/mol. The SMILES string of the molecule is C[N+](C)(C)CCOP(=O)(O)O.[Cl-].[NaH]. The first-order valence-electron chi connectivity index (χ1n) is 3.21. The van der Waals surface area contributed by atoms with Gasteiger partial charge in [0.2, 0.25) is 0 Å². The number of halogens is 1. The zero-order valence-corrected chi connectivity index (χ0v) is 9.05. The van der Waals surface area contributed by atoms with Crippen LogP contribution in [0.2, 0.25) is 0 Å². The summed E-state index contributed by atoms with van der Waals surface area (Å²) in [5, 5.41) is 0. The third-order valence-electron chi connectivity index (χ3n) is 1.02. The van der Waals surface area contributed by atoms with E-state index in [0.717, 1.165) is 0 Å². The van der Waals surface area contributed by atoms with Crippen LogP contribution in [0.25, 0.3) is 0 Å². The second-order valence-corrected chi connectivity index (χ2v) is 4.58. The number of nitrogens with zero attached hydrogens (tertiary/aromatic N) is 1. The van der Waals surface area contributed by atoms with Gasteiger partial charge in [-0.15, -0.1) is 0 Å². The van der Waals surface area contributed by atoms with Gasteiger partial charge in [0.05, 0.1) is 21.1 Å². The molecule has 0 aliphatic rings. The van der Waals surface area contributed by atoms with Crippen molar-refractivity contribution in [3.63, 3.8) is 0 Å². The van der Waals surface area contributed by atoms with Gasteiger partial charge in [-0.05, 0) is 0 Å². The zero-order valence-electron chi connectivity index (χ0n) is 7.40. The Bertz CT molecular complexity index is 168. The van der Waals surface area contributed by atoms with Crippen molar-refractivity contribution in [2.45, 2.75) is 0 Å². The fraction of sp³-hybridized carbons (Fsp3) is 1.00. The van der Waals surface area contributed by atoms with Gasteiger partial charge >= 0.3 is 37.4 Å². The first-order valence-corrected chi connectivity index (χ1v) is 4.74.